The van der Waals surface area contributed by atoms with Gasteiger partial charge < -0.3 is 10.5 Å². The van der Waals surface area contributed by atoms with Crippen molar-refractivity contribution in [3.05, 3.63) is 42.2 Å². The Labute approximate surface area is 130 Å². The number of hydrogen-bond donors (Lipinski definition) is 1. The highest BCUT2D eigenvalue weighted by Crippen LogP contribution is 2.24. The van der Waals surface area contributed by atoms with Crippen LogP contribution >= 0.6 is 11.8 Å². The normalized spacial score (nSPS) is 11.4. The van der Waals surface area contributed by atoms with Crippen LogP contribution in [0.4, 0.5) is 5.82 Å². The van der Waals surface area contributed by atoms with Gasteiger partial charge in [-0.3, -0.25) is 0 Å². The Bertz CT molecular complexity index is 579. The van der Waals surface area contributed by atoms with Gasteiger partial charge in [0.2, 0.25) is 0 Å². The summed E-state index contributed by atoms with van der Waals surface area (Å²) >= 11 is 1.55. The lowest BCUT2D eigenvalue weighted by atomic mass is 9.87. The van der Waals surface area contributed by atoms with Gasteiger partial charge in [0.1, 0.15) is 10.8 Å². The minimum Gasteiger partial charge on any atom is -0.493 e. The van der Waals surface area contributed by atoms with E-state index in [2.05, 4.69) is 42.9 Å². The topological polar surface area (TPSA) is 61.0 Å². The van der Waals surface area contributed by atoms with E-state index in [0.717, 1.165) is 16.5 Å². The Hall–Kier alpha value is -1.75. The average molecular weight is 303 g/mol. The molecule has 21 heavy (non-hydrogen) atoms. The molecule has 5 heteroatoms. The molecule has 2 aromatic rings. The van der Waals surface area contributed by atoms with Crippen LogP contribution in [-0.2, 0) is 5.41 Å². The summed E-state index contributed by atoms with van der Waals surface area (Å²) in [4.78, 5) is 8.18. The fourth-order valence-corrected chi connectivity index (χ4v) is 2.49. The summed E-state index contributed by atoms with van der Waals surface area (Å²) in [7, 11) is 0. The molecular weight excluding hydrogens is 282 g/mol. The summed E-state index contributed by atoms with van der Waals surface area (Å²) in [6.07, 6.45) is 3.23. The molecule has 0 atom stereocenters. The van der Waals surface area contributed by atoms with Crippen LogP contribution in [-0.4, -0.2) is 22.3 Å². The molecule has 0 fully saturated rings. The van der Waals surface area contributed by atoms with E-state index >= 15 is 0 Å². The van der Waals surface area contributed by atoms with Crippen molar-refractivity contribution in [3.63, 3.8) is 0 Å². The molecule has 0 spiro atoms. The molecule has 0 amide bonds. The highest BCUT2D eigenvalue weighted by molar-refractivity contribution is 7.99. The van der Waals surface area contributed by atoms with Gasteiger partial charge >= 0.3 is 0 Å². The molecule has 0 radical (unpaired) electrons. The molecule has 0 bridgehead atoms. The summed E-state index contributed by atoms with van der Waals surface area (Å²) < 4.78 is 5.73. The zero-order chi connectivity index (χ0) is 15.3. The van der Waals surface area contributed by atoms with Crippen molar-refractivity contribution in [1.82, 2.24) is 9.97 Å². The Morgan fingerprint density at radius 1 is 1.10 bits per heavy atom. The first-order valence-electron chi connectivity index (χ1n) is 6.89. The second-order valence-corrected chi connectivity index (χ2v) is 6.80. The SMILES string of the molecule is CC(C)(C)c1ccc(OCCSc2nccnc2N)cc1. The van der Waals surface area contributed by atoms with Gasteiger partial charge in [-0.05, 0) is 23.1 Å². The van der Waals surface area contributed by atoms with E-state index in [0.29, 0.717) is 12.4 Å². The number of thioether (sulfide) groups is 1. The van der Waals surface area contributed by atoms with Gasteiger partial charge in [-0.2, -0.15) is 0 Å². The molecule has 112 valence electrons. The van der Waals surface area contributed by atoms with Crippen molar-refractivity contribution >= 4 is 17.6 Å². The molecule has 0 aliphatic heterocycles. The molecular formula is C16H21N3OS. The monoisotopic (exact) mass is 303 g/mol. The molecule has 4 nitrogen and oxygen atoms in total. The zero-order valence-electron chi connectivity index (χ0n) is 12.7. The van der Waals surface area contributed by atoms with E-state index in [1.807, 2.05) is 12.1 Å². The molecule has 1 aromatic carbocycles. The number of nitrogen functional groups attached to an aromatic ring is 1. The molecule has 0 saturated heterocycles. The summed E-state index contributed by atoms with van der Waals surface area (Å²) in [5.74, 6) is 2.14. The molecule has 2 rings (SSSR count). The van der Waals surface area contributed by atoms with E-state index in [1.54, 1.807) is 24.2 Å². The predicted octanol–water partition coefficient (Wildman–Crippen LogP) is 3.53. The van der Waals surface area contributed by atoms with Gasteiger partial charge in [-0.1, -0.05) is 44.7 Å². The van der Waals surface area contributed by atoms with Crippen LogP contribution in [0.5, 0.6) is 5.75 Å². The van der Waals surface area contributed by atoms with Gasteiger partial charge in [0.25, 0.3) is 0 Å². The van der Waals surface area contributed by atoms with Crippen LogP contribution in [0.2, 0.25) is 0 Å². The van der Waals surface area contributed by atoms with Crippen molar-refractivity contribution < 1.29 is 4.74 Å². The number of hydrogen-bond acceptors (Lipinski definition) is 5. The zero-order valence-corrected chi connectivity index (χ0v) is 13.5. The smallest absolute Gasteiger partial charge is 0.156 e. The van der Waals surface area contributed by atoms with Crippen molar-refractivity contribution in [2.45, 2.75) is 31.2 Å². The Balaban J connectivity index is 1.80. The van der Waals surface area contributed by atoms with Crippen LogP contribution in [0, 0.1) is 0 Å². The number of benzene rings is 1. The quantitative estimate of drug-likeness (QED) is 0.676. The molecule has 0 unspecified atom stereocenters. The molecule has 1 aromatic heterocycles. The summed E-state index contributed by atoms with van der Waals surface area (Å²) in [5, 5.41) is 0.754. The van der Waals surface area contributed by atoms with Gasteiger partial charge in [0.05, 0.1) is 6.61 Å². The number of anilines is 1. The molecule has 0 aliphatic carbocycles. The first-order valence-corrected chi connectivity index (χ1v) is 7.88. The molecule has 0 aliphatic rings. The van der Waals surface area contributed by atoms with E-state index < -0.39 is 0 Å². The minimum atomic E-state index is 0.165. The number of nitrogens with two attached hydrogens (primary N) is 1. The standard InChI is InChI=1S/C16H21N3OS/c1-16(2,3)12-4-6-13(7-5-12)20-10-11-21-15-14(17)18-8-9-19-15/h4-9H,10-11H2,1-3H3,(H2,17,18). The third-order valence-corrected chi connectivity index (χ3v) is 3.96. The van der Waals surface area contributed by atoms with E-state index in [-0.39, 0.29) is 5.41 Å². The minimum absolute atomic E-state index is 0.165. The largest absolute Gasteiger partial charge is 0.493 e. The van der Waals surface area contributed by atoms with Crippen molar-refractivity contribution in [1.29, 1.82) is 0 Å². The van der Waals surface area contributed by atoms with Crippen LogP contribution in [0.1, 0.15) is 26.3 Å². The van der Waals surface area contributed by atoms with Crippen molar-refractivity contribution in [2.24, 2.45) is 0 Å². The fourth-order valence-electron chi connectivity index (χ4n) is 1.80. The van der Waals surface area contributed by atoms with Crippen LogP contribution < -0.4 is 10.5 Å². The molecule has 2 N–H and O–H groups in total. The second kappa shape index (κ2) is 6.80. The first-order chi connectivity index (χ1) is 9.97. The lowest BCUT2D eigenvalue weighted by Crippen LogP contribution is -2.10. The first kappa shape index (κ1) is 15.6. The Kier molecular flexibility index (Phi) is 5.07. The van der Waals surface area contributed by atoms with Gasteiger partial charge in [-0.25, -0.2) is 9.97 Å². The highest BCUT2D eigenvalue weighted by Gasteiger charge is 2.12. The predicted molar refractivity (Wildman–Crippen MR) is 87.8 cm³/mol. The number of nitrogens with zero attached hydrogens (tertiary/aromatic N) is 2. The third kappa shape index (κ3) is 4.63. The molecule has 0 saturated carbocycles. The average Bonchev–Trinajstić information content (AvgIpc) is 2.45. The van der Waals surface area contributed by atoms with E-state index in [1.165, 1.54) is 5.56 Å². The fraction of sp³-hybridized carbons (Fsp3) is 0.375. The number of rotatable bonds is 5. The van der Waals surface area contributed by atoms with Gasteiger partial charge in [-0.15, -0.1) is 0 Å². The van der Waals surface area contributed by atoms with Crippen molar-refractivity contribution in [2.75, 3.05) is 18.1 Å². The number of aromatic nitrogens is 2. The Morgan fingerprint density at radius 2 is 1.76 bits per heavy atom. The van der Waals surface area contributed by atoms with Crippen LogP contribution in [0.15, 0.2) is 41.7 Å². The second-order valence-electron chi connectivity index (χ2n) is 5.72. The van der Waals surface area contributed by atoms with Crippen LogP contribution in [0.25, 0.3) is 0 Å². The summed E-state index contributed by atoms with van der Waals surface area (Å²) in [6.45, 7) is 7.20. The van der Waals surface area contributed by atoms with E-state index in [9.17, 15) is 0 Å². The summed E-state index contributed by atoms with van der Waals surface area (Å²) in [5.41, 5.74) is 7.20. The van der Waals surface area contributed by atoms with Crippen molar-refractivity contribution in [3.8, 4) is 5.75 Å². The third-order valence-electron chi connectivity index (χ3n) is 3.00. The maximum Gasteiger partial charge on any atom is 0.156 e. The van der Waals surface area contributed by atoms with Gasteiger partial charge in [0, 0.05) is 18.1 Å². The maximum atomic E-state index is 5.74. The lowest BCUT2D eigenvalue weighted by Gasteiger charge is -2.19. The highest BCUT2D eigenvalue weighted by atomic mass is 32.2. The maximum absolute atomic E-state index is 5.74. The summed E-state index contributed by atoms with van der Waals surface area (Å²) in [6, 6.07) is 8.26. The lowest BCUT2D eigenvalue weighted by molar-refractivity contribution is 0.343. The van der Waals surface area contributed by atoms with Gasteiger partial charge in [0.15, 0.2) is 5.82 Å². The molecule has 1 heterocycles. The van der Waals surface area contributed by atoms with Crippen LogP contribution in [0.3, 0.4) is 0 Å². The number of ether oxygens (including phenoxy) is 1. The van der Waals surface area contributed by atoms with E-state index in [4.69, 9.17) is 10.5 Å². The Morgan fingerprint density at radius 3 is 2.38 bits per heavy atom.